The van der Waals surface area contributed by atoms with Gasteiger partial charge in [-0.1, -0.05) is 17.7 Å². The van der Waals surface area contributed by atoms with Crippen LogP contribution in [-0.4, -0.2) is 50.9 Å². The van der Waals surface area contributed by atoms with Gasteiger partial charge in [-0.2, -0.15) is 5.10 Å². The van der Waals surface area contributed by atoms with Crippen molar-refractivity contribution in [2.45, 2.75) is 20.4 Å². The fourth-order valence-electron chi connectivity index (χ4n) is 2.99. The molecule has 1 saturated heterocycles. The second-order valence-electron chi connectivity index (χ2n) is 6.47. The molecule has 5 nitrogen and oxygen atoms in total. The molecule has 1 N–H and O–H groups in total. The lowest BCUT2D eigenvalue weighted by Gasteiger charge is -2.36. The number of nitrogens with zero attached hydrogens (tertiary/aromatic N) is 4. The molecule has 1 aliphatic rings. The average Bonchev–Trinajstić information content (AvgIpc) is 2.88. The Labute approximate surface area is 149 Å². The number of hydrogen-bond donors (Lipinski definition) is 1. The molecule has 0 amide bonds. The summed E-state index contributed by atoms with van der Waals surface area (Å²) >= 11 is 5.56. The van der Waals surface area contributed by atoms with Crippen LogP contribution in [0.3, 0.4) is 0 Å². The van der Waals surface area contributed by atoms with Crippen LogP contribution < -0.4 is 5.32 Å². The van der Waals surface area contributed by atoms with Crippen molar-refractivity contribution in [3.63, 3.8) is 0 Å². The summed E-state index contributed by atoms with van der Waals surface area (Å²) in [4.78, 5) is 4.72. The van der Waals surface area contributed by atoms with Gasteiger partial charge in [0.15, 0.2) is 5.11 Å². The van der Waals surface area contributed by atoms with E-state index in [1.54, 1.807) is 0 Å². The summed E-state index contributed by atoms with van der Waals surface area (Å²) in [6, 6.07) is 8.34. The second-order valence-corrected chi connectivity index (χ2v) is 6.86. The lowest BCUT2D eigenvalue weighted by atomic mass is 10.2. The Hall–Kier alpha value is -1.92. The van der Waals surface area contributed by atoms with Gasteiger partial charge in [0.25, 0.3) is 0 Å². The topological polar surface area (TPSA) is 36.3 Å². The van der Waals surface area contributed by atoms with E-state index < -0.39 is 0 Å². The van der Waals surface area contributed by atoms with Crippen LogP contribution in [0, 0.1) is 13.8 Å². The molecule has 24 heavy (non-hydrogen) atoms. The van der Waals surface area contributed by atoms with Crippen LogP contribution in [0.4, 0.5) is 5.69 Å². The molecule has 1 aromatic heterocycles. The Morgan fingerprint density at radius 3 is 2.38 bits per heavy atom. The molecule has 0 radical (unpaired) electrons. The standard InChI is InChI=1S/C18H25N5S/c1-14-4-6-17(7-5-14)19-18(24)23-10-8-22(9-11-23)13-16-12-21(3)20-15(16)2/h4-7,12H,8-11,13H2,1-3H3,(H,19,24). The third-order valence-electron chi connectivity index (χ3n) is 4.47. The Kier molecular flexibility index (Phi) is 5.16. The minimum atomic E-state index is 0.816. The van der Waals surface area contributed by atoms with E-state index in [1.165, 1.54) is 11.1 Å². The van der Waals surface area contributed by atoms with E-state index in [2.05, 4.69) is 64.5 Å². The summed E-state index contributed by atoms with van der Waals surface area (Å²) < 4.78 is 1.89. The van der Waals surface area contributed by atoms with Gasteiger partial charge >= 0.3 is 0 Å². The summed E-state index contributed by atoms with van der Waals surface area (Å²) in [6.07, 6.45) is 2.12. The minimum absolute atomic E-state index is 0.816. The highest BCUT2D eigenvalue weighted by Gasteiger charge is 2.20. The Morgan fingerprint density at radius 2 is 1.79 bits per heavy atom. The van der Waals surface area contributed by atoms with Crippen LogP contribution in [0.5, 0.6) is 0 Å². The van der Waals surface area contributed by atoms with Gasteiger partial charge < -0.3 is 10.2 Å². The first kappa shape index (κ1) is 16.9. The summed E-state index contributed by atoms with van der Waals surface area (Å²) in [5.74, 6) is 0. The van der Waals surface area contributed by atoms with E-state index >= 15 is 0 Å². The van der Waals surface area contributed by atoms with Crippen LogP contribution in [0.25, 0.3) is 0 Å². The minimum Gasteiger partial charge on any atom is -0.346 e. The highest BCUT2D eigenvalue weighted by Crippen LogP contribution is 2.13. The number of benzene rings is 1. The molecule has 128 valence electrons. The molecule has 1 aliphatic heterocycles. The molecule has 1 aromatic carbocycles. The van der Waals surface area contributed by atoms with Gasteiger partial charge in [0, 0.05) is 57.2 Å². The first-order valence-electron chi connectivity index (χ1n) is 8.35. The average molecular weight is 344 g/mol. The fourth-order valence-corrected chi connectivity index (χ4v) is 3.29. The number of aromatic nitrogens is 2. The number of rotatable bonds is 3. The van der Waals surface area contributed by atoms with Crippen LogP contribution in [0.1, 0.15) is 16.8 Å². The van der Waals surface area contributed by atoms with Crippen LogP contribution >= 0.6 is 12.2 Å². The van der Waals surface area contributed by atoms with Gasteiger partial charge in [-0.05, 0) is 38.2 Å². The zero-order chi connectivity index (χ0) is 17.1. The molecule has 2 aromatic rings. The zero-order valence-corrected chi connectivity index (χ0v) is 15.4. The number of hydrogen-bond acceptors (Lipinski definition) is 3. The first-order valence-corrected chi connectivity index (χ1v) is 8.76. The summed E-state index contributed by atoms with van der Waals surface area (Å²) in [6.45, 7) is 9.07. The summed E-state index contributed by atoms with van der Waals surface area (Å²) in [5, 5.41) is 8.58. The smallest absolute Gasteiger partial charge is 0.173 e. The fraction of sp³-hybridized carbons (Fsp3) is 0.444. The van der Waals surface area contributed by atoms with Crippen LogP contribution in [0.15, 0.2) is 30.5 Å². The van der Waals surface area contributed by atoms with E-state index in [1.807, 2.05) is 11.7 Å². The number of thiocarbonyl (C=S) groups is 1. The van der Waals surface area contributed by atoms with Gasteiger partial charge in [-0.15, -0.1) is 0 Å². The predicted molar refractivity (Wildman–Crippen MR) is 102 cm³/mol. The molecule has 0 saturated carbocycles. The van der Waals surface area contributed by atoms with E-state index in [0.717, 1.165) is 49.2 Å². The number of nitrogens with one attached hydrogen (secondary N) is 1. The molecular weight excluding hydrogens is 318 g/mol. The third-order valence-corrected chi connectivity index (χ3v) is 4.83. The van der Waals surface area contributed by atoms with Crippen LogP contribution in [0.2, 0.25) is 0 Å². The van der Waals surface area contributed by atoms with E-state index in [0.29, 0.717) is 0 Å². The molecule has 6 heteroatoms. The SMILES string of the molecule is Cc1ccc(NC(=S)N2CCN(Cc3cn(C)nc3C)CC2)cc1. The summed E-state index contributed by atoms with van der Waals surface area (Å²) in [5.41, 5.74) is 4.74. The van der Waals surface area contributed by atoms with E-state index in [9.17, 15) is 0 Å². The summed E-state index contributed by atoms with van der Waals surface area (Å²) in [7, 11) is 1.98. The van der Waals surface area contributed by atoms with Gasteiger partial charge in [0.1, 0.15) is 0 Å². The van der Waals surface area contributed by atoms with Crippen molar-refractivity contribution >= 4 is 23.0 Å². The largest absolute Gasteiger partial charge is 0.346 e. The van der Waals surface area contributed by atoms with Crippen molar-refractivity contribution in [2.75, 3.05) is 31.5 Å². The molecule has 3 rings (SSSR count). The lowest BCUT2D eigenvalue weighted by Crippen LogP contribution is -2.49. The lowest BCUT2D eigenvalue weighted by molar-refractivity contribution is 0.176. The molecule has 1 fully saturated rings. The molecule has 0 aliphatic carbocycles. The molecular formula is C18H25N5S. The predicted octanol–water partition coefficient (Wildman–Crippen LogP) is 2.55. The normalized spacial score (nSPS) is 15.5. The molecule has 0 atom stereocenters. The van der Waals surface area contributed by atoms with Crippen molar-refractivity contribution in [1.82, 2.24) is 19.6 Å². The van der Waals surface area contributed by atoms with Crippen LogP contribution in [-0.2, 0) is 13.6 Å². The highest BCUT2D eigenvalue weighted by atomic mass is 32.1. The van der Waals surface area contributed by atoms with E-state index in [4.69, 9.17) is 12.2 Å². The Morgan fingerprint density at radius 1 is 1.12 bits per heavy atom. The monoisotopic (exact) mass is 343 g/mol. The van der Waals surface area contributed by atoms with Crippen molar-refractivity contribution in [2.24, 2.45) is 7.05 Å². The highest BCUT2D eigenvalue weighted by molar-refractivity contribution is 7.80. The number of aryl methyl sites for hydroxylation is 3. The second kappa shape index (κ2) is 7.32. The van der Waals surface area contributed by atoms with Gasteiger partial charge in [0.2, 0.25) is 0 Å². The third kappa shape index (κ3) is 4.13. The molecule has 2 heterocycles. The first-order chi connectivity index (χ1) is 11.5. The van der Waals surface area contributed by atoms with Gasteiger partial charge in [-0.3, -0.25) is 9.58 Å². The van der Waals surface area contributed by atoms with Crippen molar-refractivity contribution in [1.29, 1.82) is 0 Å². The Balaban J connectivity index is 1.50. The van der Waals surface area contributed by atoms with Gasteiger partial charge in [0.05, 0.1) is 5.69 Å². The maximum Gasteiger partial charge on any atom is 0.173 e. The van der Waals surface area contributed by atoms with E-state index in [-0.39, 0.29) is 0 Å². The molecule has 0 spiro atoms. The van der Waals surface area contributed by atoms with Crippen molar-refractivity contribution in [3.05, 3.63) is 47.3 Å². The maximum absolute atomic E-state index is 5.56. The van der Waals surface area contributed by atoms with Gasteiger partial charge in [-0.25, -0.2) is 0 Å². The zero-order valence-electron chi connectivity index (χ0n) is 14.6. The number of anilines is 1. The van der Waals surface area contributed by atoms with Crippen molar-refractivity contribution < 1.29 is 0 Å². The Bertz CT molecular complexity index is 699. The maximum atomic E-state index is 5.56. The molecule has 0 bridgehead atoms. The quantitative estimate of drug-likeness (QED) is 0.867. The van der Waals surface area contributed by atoms with Crippen molar-refractivity contribution in [3.8, 4) is 0 Å². The number of piperazine rings is 1. The molecule has 0 unspecified atom stereocenters.